The first kappa shape index (κ1) is 16.9. The van der Waals surface area contributed by atoms with Crippen molar-refractivity contribution in [3.05, 3.63) is 38.8 Å². The van der Waals surface area contributed by atoms with E-state index < -0.39 is 15.9 Å². The Kier molecular flexibility index (Phi) is 4.80. The van der Waals surface area contributed by atoms with Gasteiger partial charge in [-0.1, -0.05) is 11.6 Å². The molecular formula is C14H18ClN3O3S2. The van der Waals surface area contributed by atoms with Crippen LogP contribution in [-0.2, 0) is 29.5 Å². The zero-order valence-electron chi connectivity index (χ0n) is 12.6. The number of halogens is 1. The molecular weight excluding hydrogens is 358 g/mol. The molecule has 1 atom stereocenters. The zero-order chi connectivity index (χ0) is 16.6. The van der Waals surface area contributed by atoms with Crippen LogP contribution < -0.4 is 0 Å². The van der Waals surface area contributed by atoms with Gasteiger partial charge in [-0.05, 0) is 18.2 Å². The van der Waals surface area contributed by atoms with Crippen LogP contribution in [0.4, 0.5) is 0 Å². The quantitative estimate of drug-likeness (QED) is 0.860. The molecule has 1 unspecified atom stereocenters. The van der Waals surface area contributed by atoms with E-state index in [4.69, 9.17) is 11.6 Å². The summed E-state index contributed by atoms with van der Waals surface area (Å²) in [6.45, 7) is 3.11. The molecule has 126 valence electrons. The van der Waals surface area contributed by atoms with Gasteiger partial charge in [0.25, 0.3) is 0 Å². The minimum atomic E-state index is -3.24. The van der Waals surface area contributed by atoms with Gasteiger partial charge in [-0.25, -0.2) is 8.42 Å². The summed E-state index contributed by atoms with van der Waals surface area (Å²) in [5, 5.41) is 14.4. The third-order valence-electron chi connectivity index (χ3n) is 3.71. The molecule has 6 nitrogen and oxygen atoms in total. The molecule has 1 N–H and O–H groups in total. The highest BCUT2D eigenvalue weighted by atomic mass is 35.5. The van der Waals surface area contributed by atoms with Crippen LogP contribution >= 0.6 is 22.9 Å². The van der Waals surface area contributed by atoms with Crippen molar-refractivity contribution in [3.63, 3.8) is 0 Å². The third kappa shape index (κ3) is 4.33. The first-order chi connectivity index (χ1) is 10.8. The highest BCUT2D eigenvalue weighted by Crippen LogP contribution is 2.25. The average molecular weight is 376 g/mol. The summed E-state index contributed by atoms with van der Waals surface area (Å²) in [6.07, 6.45) is 0.0350. The lowest BCUT2D eigenvalue weighted by Gasteiger charge is -2.26. The van der Waals surface area contributed by atoms with E-state index in [1.54, 1.807) is 17.4 Å². The van der Waals surface area contributed by atoms with Gasteiger partial charge in [0, 0.05) is 30.8 Å². The second kappa shape index (κ2) is 6.52. The Morgan fingerprint density at radius 1 is 1.43 bits per heavy atom. The number of thiophene rings is 1. The van der Waals surface area contributed by atoms with Crippen LogP contribution in [0.2, 0.25) is 4.34 Å². The van der Waals surface area contributed by atoms with Gasteiger partial charge in [0.1, 0.15) is 15.9 Å². The van der Waals surface area contributed by atoms with Gasteiger partial charge in [-0.15, -0.1) is 11.3 Å². The number of aromatic nitrogens is 2. The standard InChI is InChI=1S/C14H18ClN3O3S2/c1-23(20,21)9-13(19)12-6-10-7-17(4-5-18(10)16-12)8-11-2-3-14(15)22-11/h2-3,6,13,19H,4-5,7-9H2,1H3. The van der Waals surface area contributed by atoms with Crippen LogP contribution in [0.3, 0.4) is 0 Å². The lowest BCUT2D eigenvalue weighted by molar-refractivity contribution is 0.191. The number of aliphatic hydroxyl groups is 1. The third-order valence-corrected chi connectivity index (χ3v) is 5.84. The molecule has 0 fully saturated rings. The first-order valence-corrected chi connectivity index (χ1v) is 10.4. The minimum Gasteiger partial charge on any atom is -0.386 e. The van der Waals surface area contributed by atoms with E-state index in [1.165, 1.54) is 4.88 Å². The maximum absolute atomic E-state index is 11.3. The maximum Gasteiger partial charge on any atom is 0.150 e. The number of fused-ring (bicyclic) bond motifs is 1. The Labute approximate surface area is 144 Å². The van der Waals surface area contributed by atoms with Crippen LogP contribution in [0, 0.1) is 0 Å². The fraction of sp³-hybridized carbons (Fsp3) is 0.500. The van der Waals surface area contributed by atoms with Crippen LogP contribution in [0.25, 0.3) is 0 Å². The van der Waals surface area contributed by atoms with Crippen LogP contribution in [0.1, 0.15) is 22.4 Å². The van der Waals surface area contributed by atoms with E-state index in [0.29, 0.717) is 12.2 Å². The van der Waals surface area contributed by atoms with Crippen molar-refractivity contribution in [2.24, 2.45) is 0 Å². The molecule has 2 aromatic rings. The van der Waals surface area contributed by atoms with Crippen molar-refractivity contribution >= 4 is 32.8 Å². The molecule has 0 aliphatic carbocycles. The molecule has 3 heterocycles. The normalized spacial score (nSPS) is 17.2. The summed E-state index contributed by atoms with van der Waals surface area (Å²) >= 11 is 7.53. The molecule has 0 aromatic carbocycles. The smallest absolute Gasteiger partial charge is 0.150 e. The summed E-state index contributed by atoms with van der Waals surface area (Å²) in [6, 6.07) is 5.72. The van der Waals surface area contributed by atoms with Gasteiger partial charge in [0.2, 0.25) is 0 Å². The van der Waals surface area contributed by atoms with Crippen molar-refractivity contribution < 1.29 is 13.5 Å². The van der Waals surface area contributed by atoms with Gasteiger partial charge < -0.3 is 5.11 Å². The Balaban J connectivity index is 1.69. The largest absolute Gasteiger partial charge is 0.386 e. The molecule has 0 amide bonds. The number of nitrogens with zero attached hydrogens (tertiary/aromatic N) is 3. The maximum atomic E-state index is 11.3. The summed E-state index contributed by atoms with van der Waals surface area (Å²) in [5.41, 5.74) is 1.41. The monoisotopic (exact) mass is 375 g/mol. The zero-order valence-corrected chi connectivity index (χ0v) is 15.0. The SMILES string of the molecule is CS(=O)(=O)CC(O)c1cc2n(n1)CCN(Cc1ccc(Cl)s1)C2. The molecule has 23 heavy (non-hydrogen) atoms. The average Bonchev–Trinajstić information content (AvgIpc) is 3.02. The molecule has 0 radical (unpaired) electrons. The lowest BCUT2D eigenvalue weighted by atomic mass is 10.2. The van der Waals surface area contributed by atoms with Crippen LogP contribution in [0.5, 0.6) is 0 Å². The Hall–Kier alpha value is -0.930. The molecule has 1 aliphatic heterocycles. The highest BCUT2D eigenvalue weighted by molar-refractivity contribution is 7.90. The first-order valence-electron chi connectivity index (χ1n) is 7.19. The predicted octanol–water partition coefficient (Wildman–Crippen LogP) is 1.69. The van der Waals surface area contributed by atoms with Gasteiger partial charge in [-0.2, -0.15) is 5.10 Å². The fourth-order valence-electron chi connectivity index (χ4n) is 2.67. The van der Waals surface area contributed by atoms with E-state index in [-0.39, 0.29) is 5.75 Å². The fourth-order valence-corrected chi connectivity index (χ4v) is 4.54. The molecule has 2 aromatic heterocycles. The number of aliphatic hydroxyl groups excluding tert-OH is 1. The predicted molar refractivity (Wildman–Crippen MR) is 90.3 cm³/mol. The Morgan fingerprint density at radius 3 is 2.87 bits per heavy atom. The summed E-state index contributed by atoms with van der Waals surface area (Å²) in [5.74, 6) is -0.305. The van der Waals surface area contributed by atoms with Gasteiger partial charge in [0.15, 0.2) is 0 Å². The van der Waals surface area contributed by atoms with Crippen LogP contribution in [0.15, 0.2) is 18.2 Å². The van der Waals surface area contributed by atoms with Crippen molar-refractivity contribution in [2.75, 3.05) is 18.6 Å². The molecule has 0 saturated heterocycles. The van der Waals surface area contributed by atoms with Gasteiger partial charge >= 0.3 is 0 Å². The Bertz CT molecular complexity index is 800. The molecule has 9 heteroatoms. The lowest BCUT2D eigenvalue weighted by Crippen LogP contribution is -2.33. The summed E-state index contributed by atoms with van der Waals surface area (Å²) < 4.78 is 25.2. The highest BCUT2D eigenvalue weighted by Gasteiger charge is 2.23. The van der Waals surface area contributed by atoms with Gasteiger partial charge in [0.05, 0.1) is 28.0 Å². The molecule has 1 aliphatic rings. The number of sulfone groups is 1. The van der Waals surface area contributed by atoms with E-state index in [2.05, 4.69) is 10.00 Å². The summed E-state index contributed by atoms with van der Waals surface area (Å²) in [7, 11) is -3.24. The van der Waals surface area contributed by atoms with Gasteiger partial charge in [-0.3, -0.25) is 9.58 Å². The molecule has 0 bridgehead atoms. The van der Waals surface area contributed by atoms with E-state index in [9.17, 15) is 13.5 Å². The van der Waals surface area contributed by atoms with E-state index in [1.807, 2.05) is 16.8 Å². The topological polar surface area (TPSA) is 75.4 Å². The van der Waals surface area contributed by atoms with E-state index in [0.717, 1.165) is 35.9 Å². The van der Waals surface area contributed by atoms with Crippen molar-refractivity contribution in [1.82, 2.24) is 14.7 Å². The number of rotatable bonds is 5. The van der Waals surface area contributed by atoms with Crippen molar-refractivity contribution in [1.29, 1.82) is 0 Å². The van der Waals surface area contributed by atoms with E-state index >= 15 is 0 Å². The van der Waals surface area contributed by atoms with Crippen molar-refractivity contribution in [3.8, 4) is 0 Å². The molecule has 0 spiro atoms. The van der Waals surface area contributed by atoms with Crippen molar-refractivity contribution in [2.45, 2.75) is 25.7 Å². The molecule has 3 rings (SSSR count). The second-order valence-electron chi connectivity index (χ2n) is 5.81. The molecule has 0 saturated carbocycles. The minimum absolute atomic E-state index is 0.305. The second-order valence-corrected chi connectivity index (χ2v) is 9.79. The summed E-state index contributed by atoms with van der Waals surface area (Å²) in [4.78, 5) is 3.49. The number of hydrogen-bond donors (Lipinski definition) is 1. The van der Waals surface area contributed by atoms with Crippen LogP contribution in [-0.4, -0.2) is 46.8 Å². The number of hydrogen-bond acceptors (Lipinski definition) is 6. The Morgan fingerprint density at radius 2 is 2.22 bits per heavy atom.